The van der Waals surface area contributed by atoms with Crippen LogP contribution in [0, 0.1) is 16.7 Å². The summed E-state index contributed by atoms with van der Waals surface area (Å²) in [5, 5.41) is 12.0. The number of amides is 1. The van der Waals surface area contributed by atoms with Crippen molar-refractivity contribution in [1.29, 1.82) is 5.26 Å². The molecule has 1 aromatic carbocycles. The van der Waals surface area contributed by atoms with Gasteiger partial charge in [0.25, 0.3) is 0 Å². The summed E-state index contributed by atoms with van der Waals surface area (Å²) in [6.07, 6.45) is 1.04. The zero-order chi connectivity index (χ0) is 14.3. The Morgan fingerprint density at radius 2 is 1.89 bits per heavy atom. The van der Waals surface area contributed by atoms with E-state index >= 15 is 0 Å². The molecule has 19 heavy (non-hydrogen) atoms. The summed E-state index contributed by atoms with van der Waals surface area (Å²) in [4.78, 5) is 12.1. The van der Waals surface area contributed by atoms with Crippen LogP contribution in [-0.2, 0) is 11.3 Å². The normalized spacial score (nSPS) is 10.6. The van der Waals surface area contributed by atoms with Gasteiger partial charge >= 0.3 is 0 Å². The lowest BCUT2D eigenvalue weighted by atomic mass is 9.83. The molecule has 0 radical (unpaired) electrons. The van der Waals surface area contributed by atoms with Crippen molar-refractivity contribution >= 4 is 5.91 Å². The van der Waals surface area contributed by atoms with E-state index in [4.69, 9.17) is 4.74 Å². The lowest BCUT2D eigenvalue weighted by molar-refractivity contribution is -0.128. The van der Waals surface area contributed by atoms with E-state index in [1.54, 1.807) is 7.11 Å². The van der Waals surface area contributed by atoms with Crippen molar-refractivity contribution in [3.63, 3.8) is 0 Å². The second kappa shape index (κ2) is 6.79. The quantitative estimate of drug-likeness (QED) is 0.855. The van der Waals surface area contributed by atoms with Crippen molar-refractivity contribution < 1.29 is 9.53 Å². The zero-order valence-electron chi connectivity index (χ0n) is 11.7. The second-order valence-corrected chi connectivity index (χ2v) is 4.43. The van der Waals surface area contributed by atoms with Crippen LogP contribution in [0.1, 0.15) is 32.3 Å². The lowest BCUT2D eigenvalue weighted by Gasteiger charge is -2.22. The van der Waals surface area contributed by atoms with Gasteiger partial charge in [0.2, 0.25) is 5.91 Å². The average Bonchev–Trinajstić information content (AvgIpc) is 2.48. The predicted molar refractivity (Wildman–Crippen MR) is 73.5 cm³/mol. The summed E-state index contributed by atoms with van der Waals surface area (Å²) in [6.45, 7) is 4.14. The molecule has 0 spiro atoms. The number of nitriles is 1. The molecule has 1 amide bonds. The monoisotopic (exact) mass is 260 g/mol. The standard InChI is InChI=1S/C15H20N2O2/c1-4-15(5-2,11-16)14(18)17-10-12-6-8-13(19-3)9-7-12/h6-9H,4-5,10H2,1-3H3,(H,17,18). The van der Waals surface area contributed by atoms with E-state index in [1.807, 2.05) is 38.1 Å². The first-order valence-corrected chi connectivity index (χ1v) is 6.44. The maximum absolute atomic E-state index is 12.1. The van der Waals surface area contributed by atoms with Crippen molar-refractivity contribution in [3.05, 3.63) is 29.8 Å². The molecule has 0 heterocycles. The molecule has 0 unspecified atom stereocenters. The fourth-order valence-corrected chi connectivity index (χ4v) is 1.87. The Balaban J connectivity index is 2.65. The average molecular weight is 260 g/mol. The minimum Gasteiger partial charge on any atom is -0.497 e. The van der Waals surface area contributed by atoms with Gasteiger partial charge in [-0.3, -0.25) is 4.79 Å². The van der Waals surface area contributed by atoms with E-state index < -0.39 is 5.41 Å². The van der Waals surface area contributed by atoms with Crippen LogP contribution in [0.15, 0.2) is 24.3 Å². The first-order valence-electron chi connectivity index (χ1n) is 6.44. The van der Waals surface area contributed by atoms with Crippen molar-refractivity contribution in [2.45, 2.75) is 33.2 Å². The third-order valence-corrected chi connectivity index (χ3v) is 3.47. The third kappa shape index (κ3) is 3.47. The fraction of sp³-hybridized carbons (Fsp3) is 0.467. The molecule has 102 valence electrons. The molecule has 0 atom stereocenters. The summed E-state index contributed by atoms with van der Waals surface area (Å²) < 4.78 is 5.07. The Hall–Kier alpha value is -2.02. The number of nitrogens with one attached hydrogen (secondary N) is 1. The van der Waals surface area contributed by atoms with E-state index in [1.165, 1.54) is 0 Å². The Morgan fingerprint density at radius 1 is 1.32 bits per heavy atom. The van der Waals surface area contributed by atoms with Crippen LogP contribution >= 0.6 is 0 Å². The van der Waals surface area contributed by atoms with E-state index in [0.717, 1.165) is 11.3 Å². The maximum Gasteiger partial charge on any atom is 0.240 e. The van der Waals surface area contributed by atoms with Crippen molar-refractivity contribution in [2.24, 2.45) is 5.41 Å². The summed E-state index contributed by atoms with van der Waals surface area (Å²) in [6, 6.07) is 9.62. The molecule has 1 aromatic rings. The molecule has 0 saturated heterocycles. The summed E-state index contributed by atoms with van der Waals surface area (Å²) >= 11 is 0. The van der Waals surface area contributed by atoms with Crippen LogP contribution in [0.5, 0.6) is 5.75 Å². The molecule has 0 aliphatic rings. The molecule has 1 N–H and O–H groups in total. The molecule has 1 rings (SSSR count). The first-order chi connectivity index (χ1) is 9.11. The largest absolute Gasteiger partial charge is 0.497 e. The van der Waals surface area contributed by atoms with Crippen LogP contribution in [-0.4, -0.2) is 13.0 Å². The fourth-order valence-electron chi connectivity index (χ4n) is 1.87. The molecule has 0 aliphatic carbocycles. The van der Waals surface area contributed by atoms with Crippen LogP contribution in [0.25, 0.3) is 0 Å². The van der Waals surface area contributed by atoms with Crippen LogP contribution in [0.3, 0.4) is 0 Å². The summed E-state index contributed by atoms with van der Waals surface area (Å²) in [5.41, 5.74) is 0.0696. The van der Waals surface area contributed by atoms with Crippen LogP contribution < -0.4 is 10.1 Å². The smallest absolute Gasteiger partial charge is 0.240 e. The molecule has 4 heteroatoms. The van der Waals surface area contributed by atoms with Crippen molar-refractivity contribution in [2.75, 3.05) is 7.11 Å². The molecular weight excluding hydrogens is 240 g/mol. The highest BCUT2D eigenvalue weighted by Gasteiger charge is 2.34. The van der Waals surface area contributed by atoms with Gasteiger partial charge in [0, 0.05) is 6.54 Å². The highest BCUT2D eigenvalue weighted by molar-refractivity contribution is 5.85. The highest BCUT2D eigenvalue weighted by atomic mass is 16.5. The Morgan fingerprint density at radius 3 is 2.32 bits per heavy atom. The summed E-state index contributed by atoms with van der Waals surface area (Å²) in [5.74, 6) is 0.583. The minimum atomic E-state index is -0.910. The number of nitrogens with zero attached hydrogens (tertiary/aromatic N) is 1. The van der Waals surface area contributed by atoms with Gasteiger partial charge in [0.05, 0.1) is 13.2 Å². The van der Waals surface area contributed by atoms with E-state index in [2.05, 4.69) is 11.4 Å². The van der Waals surface area contributed by atoms with Gasteiger partial charge in [0.15, 0.2) is 0 Å². The Labute approximate surface area is 114 Å². The number of hydrogen-bond donors (Lipinski definition) is 1. The SMILES string of the molecule is CCC(C#N)(CC)C(=O)NCc1ccc(OC)cc1. The number of carbonyl (C=O) groups is 1. The third-order valence-electron chi connectivity index (χ3n) is 3.47. The minimum absolute atomic E-state index is 0.198. The van der Waals surface area contributed by atoms with Gasteiger partial charge in [-0.15, -0.1) is 0 Å². The Bertz CT molecular complexity index is 456. The number of hydrogen-bond acceptors (Lipinski definition) is 3. The van der Waals surface area contributed by atoms with E-state index in [9.17, 15) is 10.1 Å². The van der Waals surface area contributed by atoms with Crippen LogP contribution in [0.4, 0.5) is 0 Å². The number of ether oxygens (including phenoxy) is 1. The van der Waals surface area contributed by atoms with Gasteiger partial charge < -0.3 is 10.1 Å². The van der Waals surface area contributed by atoms with Gasteiger partial charge in [-0.1, -0.05) is 26.0 Å². The predicted octanol–water partition coefficient (Wildman–Crippen LogP) is 2.64. The Kier molecular flexibility index (Phi) is 5.37. The molecule has 0 aromatic heterocycles. The summed E-state index contributed by atoms with van der Waals surface area (Å²) in [7, 11) is 1.61. The van der Waals surface area contributed by atoms with Crippen molar-refractivity contribution in [1.82, 2.24) is 5.32 Å². The van der Waals surface area contributed by atoms with E-state index in [-0.39, 0.29) is 5.91 Å². The van der Waals surface area contributed by atoms with Gasteiger partial charge in [-0.05, 0) is 30.5 Å². The number of methoxy groups -OCH3 is 1. The zero-order valence-corrected chi connectivity index (χ0v) is 11.7. The molecule has 4 nitrogen and oxygen atoms in total. The van der Waals surface area contributed by atoms with Crippen molar-refractivity contribution in [3.8, 4) is 11.8 Å². The topological polar surface area (TPSA) is 62.1 Å². The lowest BCUT2D eigenvalue weighted by Crippen LogP contribution is -2.38. The second-order valence-electron chi connectivity index (χ2n) is 4.43. The molecule has 0 fully saturated rings. The molecule has 0 saturated carbocycles. The van der Waals surface area contributed by atoms with Crippen LogP contribution in [0.2, 0.25) is 0 Å². The van der Waals surface area contributed by atoms with E-state index in [0.29, 0.717) is 19.4 Å². The molecule has 0 bridgehead atoms. The van der Waals surface area contributed by atoms with Gasteiger partial charge in [-0.25, -0.2) is 0 Å². The molecular formula is C15H20N2O2. The first kappa shape index (κ1) is 15.0. The maximum atomic E-state index is 12.1. The van der Waals surface area contributed by atoms with Gasteiger partial charge in [-0.2, -0.15) is 5.26 Å². The number of rotatable bonds is 6. The highest BCUT2D eigenvalue weighted by Crippen LogP contribution is 2.25. The van der Waals surface area contributed by atoms with Gasteiger partial charge in [0.1, 0.15) is 11.2 Å². The number of carbonyl (C=O) groups excluding carboxylic acids is 1. The number of benzene rings is 1. The molecule has 0 aliphatic heterocycles.